The highest BCUT2D eigenvalue weighted by atomic mass is 16.8. The number of anilines is 1. The predicted molar refractivity (Wildman–Crippen MR) is 76.4 cm³/mol. The molecule has 0 radical (unpaired) electrons. The summed E-state index contributed by atoms with van der Waals surface area (Å²) in [5.41, 5.74) is 6.47. The van der Waals surface area contributed by atoms with E-state index < -0.39 is 17.8 Å². The van der Waals surface area contributed by atoms with Crippen molar-refractivity contribution < 1.29 is 29.7 Å². The lowest BCUT2D eigenvalue weighted by atomic mass is 9.82. The third kappa shape index (κ3) is 2.05. The molecule has 3 aliphatic rings. The Morgan fingerprint density at radius 2 is 2.35 bits per heavy atom. The van der Waals surface area contributed by atoms with Crippen molar-refractivity contribution in [1.29, 1.82) is 0 Å². The van der Waals surface area contributed by atoms with Crippen LogP contribution in [0.3, 0.4) is 0 Å². The van der Waals surface area contributed by atoms with Gasteiger partial charge in [0.15, 0.2) is 0 Å². The van der Waals surface area contributed by atoms with E-state index in [0.29, 0.717) is 23.4 Å². The molecule has 4 atom stereocenters. The van der Waals surface area contributed by atoms with Crippen molar-refractivity contribution in [1.82, 2.24) is 5.32 Å². The normalized spacial score (nSPS) is 33.7. The molecule has 1 amide bonds. The number of phenolic OH excluding ortho intramolecular Hbond substituents is 1. The number of nitrogens with zero attached hydrogens (tertiary/aromatic N) is 1. The first-order valence-electron chi connectivity index (χ1n) is 7.28. The molecule has 3 aliphatic heterocycles. The van der Waals surface area contributed by atoms with Gasteiger partial charge in [0.25, 0.3) is 0 Å². The number of carbonyl (C=O) groups is 1. The highest BCUT2D eigenvalue weighted by Gasteiger charge is 2.65. The Kier molecular flexibility index (Phi) is 2.97. The summed E-state index contributed by atoms with van der Waals surface area (Å²) >= 11 is 0. The molecule has 6 N–H and O–H groups in total. The molecule has 23 heavy (non-hydrogen) atoms. The molecule has 9 nitrogen and oxygen atoms in total. The SMILES string of the molecule is NC(=O)OCC1c2c(O)cc(CO)cc2N2CC3NC3C1(O)O2. The van der Waals surface area contributed by atoms with Crippen LogP contribution in [0.1, 0.15) is 17.0 Å². The van der Waals surface area contributed by atoms with E-state index in [0.717, 1.165) is 0 Å². The summed E-state index contributed by atoms with van der Waals surface area (Å²) in [6.07, 6.45) is -0.972. The van der Waals surface area contributed by atoms with Crippen LogP contribution in [0.5, 0.6) is 5.75 Å². The number of primary amides is 1. The molecule has 124 valence electrons. The number of fused-ring (bicyclic) bond motifs is 6. The zero-order chi connectivity index (χ0) is 16.4. The van der Waals surface area contributed by atoms with Crippen molar-refractivity contribution in [2.75, 3.05) is 18.2 Å². The smallest absolute Gasteiger partial charge is 0.404 e. The van der Waals surface area contributed by atoms with Gasteiger partial charge in [-0.05, 0) is 17.7 Å². The van der Waals surface area contributed by atoms with Crippen molar-refractivity contribution in [3.05, 3.63) is 23.3 Å². The molecule has 1 aromatic rings. The van der Waals surface area contributed by atoms with Crippen LogP contribution in [0.4, 0.5) is 10.5 Å². The number of hydroxylamine groups is 1. The van der Waals surface area contributed by atoms with Crippen LogP contribution in [-0.2, 0) is 16.2 Å². The Morgan fingerprint density at radius 3 is 3.04 bits per heavy atom. The van der Waals surface area contributed by atoms with Crippen LogP contribution in [0.15, 0.2) is 12.1 Å². The van der Waals surface area contributed by atoms with Crippen LogP contribution in [0.25, 0.3) is 0 Å². The van der Waals surface area contributed by atoms with E-state index in [-0.39, 0.29) is 31.0 Å². The zero-order valence-electron chi connectivity index (χ0n) is 12.1. The Hall–Kier alpha value is -2.07. The quantitative estimate of drug-likeness (QED) is 0.438. The number of benzene rings is 1. The summed E-state index contributed by atoms with van der Waals surface area (Å²) in [5.74, 6) is -2.56. The standard InChI is InChI=1S/C14H17N3O6/c15-13(20)22-5-7-11-9(1-6(4-18)2-10(11)19)17-3-8-12(16-8)14(7,21)23-17/h1-2,7-8,12,16,18-19,21H,3-5H2,(H2,15,20). The van der Waals surface area contributed by atoms with Crippen molar-refractivity contribution in [3.8, 4) is 5.75 Å². The summed E-state index contributed by atoms with van der Waals surface area (Å²) in [5, 5.41) is 35.3. The van der Waals surface area contributed by atoms with E-state index in [4.69, 9.17) is 15.3 Å². The van der Waals surface area contributed by atoms with Gasteiger partial charge in [-0.25, -0.2) is 14.7 Å². The van der Waals surface area contributed by atoms with Crippen molar-refractivity contribution >= 4 is 11.8 Å². The number of phenols is 1. The number of aliphatic hydroxyl groups is 2. The average Bonchev–Trinajstić information content (AvgIpc) is 3.27. The fourth-order valence-corrected chi connectivity index (χ4v) is 3.53. The van der Waals surface area contributed by atoms with Crippen LogP contribution in [-0.4, -0.2) is 52.4 Å². The topological polar surface area (TPSA) is 147 Å². The summed E-state index contributed by atoms with van der Waals surface area (Å²) in [6, 6.07) is 2.82. The highest BCUT2D eigenvalue weighted by Crippen LogP contribution is 2.53. The molecule has 4 rings (SSSR count). The minimum atomic E-state index is -1.65. The fourth-order valence-electron chi connectivity index (χ4n) is 3.53. The molecular weight excluding hydrogens is 306 g/mol. The number of amides is 1. The van der Waals surface area contributed by atoms with Crippen molar-refractivity contribution in [3.63, 3.8) is 0 Å². The summed E-state index contributed by atoms with van der Waals surface area (Å²) in [6.45, 7) is 0.0208. The van der Waals surface area contributed by atoms with Gasteiger partial charge in [0, 0.05) is 11.6 Å². The van der Waals surface area contributed by atoms with Gasteiger partial charge in [0.05, 0.1) is 30.8 Å². The van der Waals surface area contributed by atoms with E-state index in [1.165, 1.54) is 11.1 Å². The van der Waals surface area contributed by atoms with Crippen LogP contribution in [0, 0.1) is 0 Å². The van der Waals surface area contributed by atoms with Crippen LogP contribution in [0.2, 0.25) is 0 Å². The predicted octanol–water partition coefficient (Wildman–Crippen LogP) is -1.14. The van der Waals surface area contributed by atoms with Gasteiger partial charge in [-0.3, -0.25) is 0 Å². The van der Waals surface area contributed by atoms with Crippen LogP contribution < -0.4 is 16.1 Å². The fraction of sp³-hybridized carbons (Fsp3) is 0.500. The number of ether oxygens (including phenoxy) is 1. The molecule has 0 aromatic heterocycles. The lowest BCUT2D eigenvalue weighted by molar-refractivity contribution is -0.247. The molecule has 3 heterocycles. The molecule has 0 saturated carbocycles. The number of hydrogen-bond acceptors (Lipinski definition) is 8. The van der Waals surface area contributed by atoms with Crippen LogP contribution >= 0.6 is 0 Å². The maximum absolute atomic E-state index is 11.0. The minimum absolute atomic E-state index is 0.0397. The second kappa shape index (κ2) is 4.71. The first-order chi connectivity index (χ1) is 10.9. The third-order valence-electron chi connectivity index (χ3n) is 4.64. The number of nitrogens with one attached hydrogen (secondary N) is 1. The zero-order valence-corrected chi connectivity index (χ0v) is 12.1. The number of aromatic hydroxyl groups is 1. The summed E-state index contributed by atoms with van der Waals surface area (Å²) in [4.78, 5) is 16.7. The summed E-state index contributed by atoms with van der Waals surface area (Å²) < 4.78 is 4.87. The molecule has 0 aliphatic carbocycles. The Morgan fingerprint density at radius 1 is 1.57 bits per heavy atom. The molecule has 2 bridgehead atoms. The Balaban J connectivity index is 1.83. The first kappa shape index (κ1) is 14.5. The van der Waals surface area contributed by atoms with Gasteiger partial charge >= 0.3 is 6.09 Å². The Labute approximate surface area is 131 Å². The third-order valence-corrected chi connectivity index (χ3v) is 4.64. The number of carbonyl (C=O) groups excluding carboxylic acids is 1. The molecule has 2 saturated heterocycles. The summed E-state index contributed by atoms with van der Waals surface area (Å²) in [7, 11) is 0. The first-order valence-corrected chi connectivity index (χ1v) is 7.28. The molecule has 4 unspecified atom stereocenters. The van der Waals surface area contributed by atoms with Gasteiger partial charge < -0.3 is 31.1 Å². The maximum Gasteiger partial charge on any atom is 0.404 e. The molecule has 1 aromatic carbocycles. The molecular formula is C14H17N3O6. The van der Waals surface area contributed by atoms with E-state index in [2.05, 4.69) is 5.32 Å². The number of aliphatic hydroxyl groups excluding tert-OH is 1. The van der Waals surface area contributed by atoms with E-state index in [9.17, 15) is 20.1 Å². The number of hydrogen-bond donors (Lipinski definition) is 5. The van der Waals surface area contributed by atoms with E-state index in [1.807, 2.05) is 0 Å². The van der Waals surface area contributed by atoms with Gasteiger partial charge in [-0.2, -0.15) is 0 Å². The lowest BCUT2D eigenvalue weighted by Gasteiger charge is -2.47. The molecule has 2 fully saturated rings. The monoisotopic (exact) mass is 323 g/mol. The van der Waals surface area contributed by atoms with Crippen molar-refractivity contribution in [2.24, 2.45) is 5.73 Å². The molecule has 9 heteroatoms. The number of nitrogens with two attached hydrogens (primary N) is 1. The largest absolute Gasteiger partial charge is 0.508 e. The van der Waals surface area contributed by atoms with Crippen molar-refractivity contribution in [2.45, 2.75) is 30.4 Å². The lowest BCUT2D eigenvalue weighted by Crippen LogP contribution is -2.59. The Bertz CT molecular complexity index is 683. The second-order valence-corrected chi connectivity index (χ2v) is 6.04. The van der Waals surface area contributed by atoms with Gasteiger partial charge in [-0.15, -0.1) is 0 Å². The second-order valence-electron chi connectivity index (χ2n) is 6.04. The van der Waals surface area contributed by atoms with Gasteiger partial charge in [0.1, 0.15) is 12.4 Å². The average molecular weight is 323 g/mol. The van der Waals surface area contributed by atoms with E-state index in [1.54, 1.807) is 6.07 Å². The van der Waals surface area contributed by atoms with E-state index >= 15 is 0 Å². The highest BCUT2D eigenvalue weighted by molar-refractivity contribution is 5.67. The number of rotatable bonds is 3. The minimum Gasteiger partial charge on any atom is -0.508 e. The molecule has 0 spiro atoms. The van der Waals surface area contributed by atoms with Gasteiger partial charge in [-0.1, -0.05) is 0 Å². The maximum atomic E-state index is 11.0. The van der Waals surface area contributed by atoms with Gasteiger partial charge in [0.2, 0.25) is 5.79 Å².